The first-order chi connectivity index (χ1) is 15.1. The van der Waals surface area contributed by atoms with E-state index in [0.717, 1.165) is 18.2 Å². The molecule has 0 amide bonds. The molecule has 170 valence electrons. The van der Waals surface area contributed by atoms with Crippen LogP contribution in [0.5, 0.6) is 0 Å². The Morgan fingerprint density at radius 3 is 2.03 bits per heavy atom. The van der Waals surface area contributed by atoms with Crippen molar-refractivity contribution < 1.29 is 27.5 Å². The van der Waals surface area contributed by atoms with E-state index in [1.807, 2.05) is 12.1 Å². The summed E-state index contributed by atoms with van der Waals surface area (Å²) in [6.45, 7) is 0. The van der Waals surface area contributed by atoms with Gasteiger partial charge < -0.3 is 14.5 Å². The number of sulfonamides is 1. The quantitative estimate of drug-likeness (QED) is 0.375. The summed E-state index contributed by atoms with van der Waals surface area (Å²) in [5.74, 6) is -1.77. The molecule has 0 fully saturated rings. The zero-order chi connectivity index (χ0) is 23.4. The summed E-state index contributed by atoms with van der Waals surface area (Å²) in [5.41, 5.74) is 2.23. The molecule has 7 nitrogen and oxygen atoms in total. The molecule has 0 radical (unpaired) electrons. The molecule has 3 N–H and O–H groups in total. The average Bonchev–Trinajstić information content (AvgIpc) is 2.79. The lowest BCUT2D eigenvalue weighted by atomic mass is 10.1. The molecule has 0 aliphatic heterocycles. The molecule has 0 aliphatic rings. The first-order valence-corrected chi connectivity index (χ1v) is 13.1. The Kier molecular flexibility index (Phi) is 7.90. The monoisotopic (exact) mass is 495 g/mol. The third kappa shape index (κ3) is 6.05. The second kappa shape index (κ2) is 10.3. The fourth-order valence-electron chi connectivity index (χ4n) is 3.13. The van der Waals surface area contributed by atoms with Crippen LogP contribution in [0.2, 0.25) is 5.02 Å². The predicted molar refractivity (Wildman–Crippen MR) is 124 cm³/mol. The number of aliphatic hydroxyl groups is 1. The Morgan fingerprint density at radius 1 is 0.969 bits per heavy atom. The van der Waals surface area contributed by atoms with Crippen molar-refractivity contribution in [2.24, 2.45) is 0 Å². The van der Waals surface area contributed by atoms with Crippen molar-refractivity contribution in [1.82, 2.24) is 4.72 Å². The number of halogens is 1. The van der Waals surface area contributed by atoms with Crippen molar-refractivity contribution in [2.75, 3.05) is 7.11 Å². The first kappa shape index (κ1) is 24.6. The van der Waals surface area contributed by atoms with Crippen LogP contribution in [-0.4, -0.2) is 31.4 Å². The van der Waals surface area contributed by atoms with E-state index >= 15 is 0 Å². The maximum Gasteiger partial charge on any atom is 0.356 e. The van der Waals surface area contributed by atoms with Crippen molar-refractivity contribution in [1.29, 1.82) is 0 Å². The summed E-state index contributed by atoms with van der Waals surface area (Å²) < 4.78 is 45.1. The highest BCUT2D eigenvalue weighted by atomic mass is 35.5. The lowest BCUT2D eigenvalue weighted by Crippen LogP contribution is -2.31. The smallest absolute Gasteiger partial charge is 0.356 e. The molecular weight excluding hydrogens is 473 g/mol. The molecule has 0 spiro atoms. The van der Waals surface area contributed by atoms with Gasteiger partial charge in [0, 0.05) is 18.6 Å². The lowest BCUT2D eigenvalue weighted by molar-refractivity contribution is 0.172. The van der Waals surface area contributed by atoms with Gasteiger partial charge in [0.15, 0.2) is 5.85 Å². The van der Waals surface area contributed by atoms with Gasteiger partial charge >= 0.3 is 7.60 Å². The number of nitrogens with one attached hydrogen (secondary N) is 1. The molecule has 3 rings (SSSR count). The number of hydrogen-bond donors (Lipinski definition) is 3. The Bertz CT molecular complexity index is 1190. The van der Waals surface area contributed by atoms with E-state index in [1.165, 1.54) is 12.1 Å². The van der Waals surface area contributed by atoms with Gasteiger partial charge in [-0.15, -0.1) is 0 Å². The molecule has 0 heterocycles. The normalized spacial score (nSPS) is 15.6. The van der Waals surface area contributed by atoms with Crippen molar-refractivity contribution in [3.8, 4) is 11.1 Å². The minimum Gasteiger partial charge on any atom is -0.380 e. The Morgan fingerprint density at radius 2 is 1.50 bits per heavy atom. The van der Waals surface area contributed by atoms with E-state index in [1.54, 1.807) is 54.6 Å². The Labute approximate surface area is 192 Å². The second-order valence-corrected chi connectivity index (χ2v) is 11.3. The SMILES string of the molecule is COP(=O)(O)C(O)CC(NS(=O)(=O)c1ccc(-c2ccc(Cl)cc2)cc1)c1ccccc1. The van der Waals surface area contributed by atoms with E-state index in [-0.39, 0.29) is 11.3 Å². The molecule has 32 heavy (non-hydrogen) atoms. The lowest BCUT2D eigenvalue weighted by Gasteiger charge is -2.24. The van der Waals surface area contributed by atoms with Crippen LogP contribution in [0, 0.1) is 0 Å². The van der Waals surface area contributed by atoms with Crippen molar-refractivity contribution in [3.63, 3.8) is 0 Å². The highest BCUT2D eigenvalue weighted by molar-refractivity contribution is 7.89. The molecule has 0 bridgehead atoms. The van der Waals surface area contributed by atoms with E-state index in [2.05, 4.69) is 9.25 Å². The number of hydrogen-bond acceptors (Lipinski definition) is 5. The standard InChI is InChI=1S/C22H23ClNO6PS/c1-30-31(26,27)22(25)15-21(18-5-3-2-4-6-18)24-32(28,29)20-13-9-17(10-14-20)16-7-11-19(23)12-8-16/h2-14,21-22,24-25H,15H2,1H3,(H,26,27). The molecule has 3 aromatic carbocycles. The summed E-state index contributed by atoms with van der Waals surface area (Å²) in [6, 6.07) is 21.0. The van der Waals surface area contributed by atoms with Crippen molar-refractivity contribution >= 4 is 29.2 Å². The van der Waals surface area contributed by atoms with Crippen LogP contribution in [0.4, 0.5) is 0 Å². The van der Waals surface area contributed by atoms with Gasteiger partial charge in [0.25, 0.3) is 0 Å². The zero-order valence-corrected chi connectivity index (χ0v) is 19.6. The van der Waals surface area contributed by atoms with E-state index in [4.69, 9.17) is 11.6 Å². The molecule has 3 unspecified atom stereocenters. The average molecular weight is 496 g/mol. The summed E-state index contributed by atoms with van der Waals surface area (Å²) in [4.78, 5) is 9.77. The summed E-state index contributed by atoms with van der Waals surface area (Å²) in [7, 11) is -7.31. The molecule has 10 heteroatoms. The second-order valence-electron chi connectivity index (χ2n) is 7.08. The Balaban J connectivity index is 1.86. The van der Waals surface area contributed by atoms with Gasteiger partial charge in [0.05, 0.1) is 10.9 Å². The largest absolute Gasteiger partial charge is 0.380 e. The molecular formula is C22H23ClNO6PS. The van der Waals surface area contributed by atoms with Gasteiger partial charge in [-0.1, -0.05) is 66.2 Å². The predicted octanol–water partition coefficient (Wildman–Crippen LogP) is 4.57. The van der Waals surface area contributed by atoms with Crippen LogP contribution < -0.4 is 4.72 Å². The van der Waals surface area contributed by atoms with E-state index < -0.39 is 29.5 Å². The highest BCUT2D eigenvalue weighted by Gasteiger charge is 2.34. The molecule has 0 saturated heterocycles. The van der Waals surface area contributed by atoms with Crippen molar-refractivity contribution in [3.05, 3.63) is 89.4 Å². The van der Waals surface area contributed by atoms with Gasteiger partial charge in [-0.05, 0) is 41.0 Å². The maximum absolute atomic E-state index is 13.0. The van der Waals surface area contributed by atoms with Crippen LogP contribution in [0.25, 0.3) is 11.1 Å². The minimum atomic E-state index is -4.31. The van der Waals surface area contributed by atoms with Crippen LogP contribution in [-0.2, 0) is 19.1 Å². The van der Waals surface area contributed by atoms with Crippen LogP contribution in [0.1, 0.15) is 18.0 Å². The zero-order valence-electron chi connectivity index (χ0n) is 17.1. The van der Waals surface area contributed by atoms with Gasteiger partial charge in [0.2, 0.25) is 10.0 Å². The molecule has 0 saturated carbocycles. The number of rotatable bonds is 9. The van der Waals surface area contributed by atoms with Gasteiger partial charge in [0.1, 0.15) is 0 Å². The molecule has 0 aliphatic carbocycles. The topological polar surface area (TPSA) is 113 Å². The van der Waals surface area contributed by atoms with E-state index in [0.29, 0.717) is 10.6 Å². The van der Waals surface area contributed by atoms with Crippen LogP contribution >= 0.6 is 19.2 Å². The van der Waals surface area contributed by atoms with Gasteiger partial charge in [-0.2, -0.15) is 0 Å². The minimum absolute atomic E-state index is 0.0181. The third-order valence-corrected chi connectivity index (χ3v) is 8.15. The fourth-order valence-corrected chi connectivity index (χ4v) is 5.21. The molecule has 3 aromatic rings. The number of aliphatic hydroxyl groups excluding tert-OH is 1. The Hall–Kier alpha value is -2.03. The maximum atomic E-state index is 13.0. The van der Waals surface area contributed by atoms with E-state index in [9.17, 15) is 23.0 Å². The van der Waals surface area contributed by atoms with Crippen LogP contribution in [0.3, 0.4) is 0 Å². The van der Waals surface area contributed by atoms with Gasteiger partial charge in [-0.3, -0.25) is 4.57 Å². The first-order valence-electron chi connectivity index (χ1n) is 9.62. The highest BCUT2D eigenvalue weighted by Crippen LogP contribution is 2.48. The third-order valence-electron chi connectivity index (χ3n) is 4.93. The van der Waals surface area contributed by atoms with Crippen molar-refractivity contribution in [2.45, 2.75) is 23.2 Å². The molecule has 3 atom stereocenters. The van der Waals surface area contributed by atoms with Gasteiger partial charge in [-0.25, -0.2) is 13.1 Å². The van der Waals surface area contributed by atoms with Crippen LogP contribution in [0.15, 0.2) is 83.8 Å². The molecule has 0 aromatic heterocycles. The fraction of sp³-hybridized carbons (Fsp3) is 0.182. The summed E-state index contributed by atoms with van der Waals surface area (Å²) in [5, 5.41) is 10.8. The summed E-state index contributed by atoms with van der Waals surface area (Å²) in [6.07, 6.45) is -0.353. The summed E-state index contributed by atoms with van der Waals surface area (Å²) >= 11 is 5.91. The number of benzene rings is 3.